The lowest BCUT2D eigenvalue weighted by Gasteiger charge is -2.01. The Labute approximate surface area is 124 Å². The zero-order chi connectivity index (χ0) is 14.2. The highest BCUT2D eigenvalue weighted by atomic mass is 32.1. The zero-order valence-corrected chi connectivity index (χ0v) is 12.7. The number of hydrogen-bond donors (Lipinski definition) is 2. The molecule has 0 unspecified atom stereocenters. The molecule has 0 spiro atoms. The number of benzene rings is 1. The molecular weight excluding hydrogens is 268 g/mol. The number of nitrogens with one attached hydrogen (secondary N) is 1. The molecular formula is C15H22N4S. The van der Waals surface area contributed by atoms with Gasteiger partial charge in [-0.3, -0.25) is 0 Å². The molecule has 1 aromatic carbocycles. The molecule has 2 rings (SSSR count). The van der Waals surface area contributed by atoms with Crippen LogP contribution < -0.4 is 11.1 Å². The number of rotatable bonds is 8. The molecule has 108 valence electrons. The van der Waals surface area contributed by atoms with Crippen molar-refractivity contribution in [3.63, 3.8) is 0 Å². The molecule has 0 saturated heterocycles. The fourth-order valence-corrected chi connectivity index (χ4v) is 2.65. The van der Waals surface area contributed by atoms with E-state index in [0.717, 1.165) is 43.3 Å². The highest BCUT2D eigenvalue weighted by Crippen LogP contribution is 2.15. The van der Waals surface area contributed by atoms with Crippen LogP contribution in [-0.4, -0.2) is 22.4 Å². The summed E-state index contributed by atoms with van der Waals surface area (Å²) in [6.45, 7) is 3.82. The molecule has 0 aliphatic heterocycles. The maximum atomic E-state index is 5.47. The van der Waals surface area contributed by atoms with Crippen LogP contribution in [-0.2, 0) is 6.42 Å². The molecule has 5 heteroatoms. The second-order valence-electron chi connectivity index (χ2n) is 4.96. The van der Waals surface area contributed by atoms with Crippen LogP contribution in [0.4, 0.5) is 5.13 Å². The Morgan fingerprint density at radius 1 is 1.25 bits per heavy atom. The van der Waals surface area contributed by atoms with Crippen molar-refractivity contribution in [3.8, 4) is 0 Å². The lowest BCUT2D eigenvalue weighted by Crippen LogP contribution is -2.03. The normalized spacial score (nSPS) is 10.7. The van der Waals surface area contributed by atoms with E-state index in [1.54, 1.807) is 0 Å². The zero-order valence-electron chi connectivity index (χ0n) is 11.9. The Balaban J connectivity index is 1.80. The molecule has 1 aromatic heterocycles. The number of nitrogens with zero attached hydrogens (tertiary/aromatic N) is 2. The van der Waals surface area contributed by atoms with Crippen LogP contribution in [0.1, 0.15) is 36.2 Å². The van der Waals surface area contributed by atoms with E-state index in [2.05, 4.69) is 45.9 Å². The molecule has 0 amide bonds. The van der Waals surface area contributed by atoms with Crippen molar-refractivity contribution in [2.24, 2.45) is 5.73 Å². The summed E-state index contributed by atoms with van der Waals surface area (Å²) in [5.41, 5.74) is 8.00. The van der Waals surface area contributed by atoms with Crippen molar-refractivity contribution in [1.82, 2.24) is 9.36 Å². The van der Waals surface area contributed by atoms with E-state index < -0.39 is 0 Å². The van der Waals surface area contributed by atoms with Crippen molar-refractivity contribution in [3.05, 3.63) is 41.2 Å². The van der Waals surface area contributed by atoms with Gasteiger partial charge in [0.25, 0.3) is 0 Å². The first-order chi connectivity index (χ1) is 9.78. The van der Waals surface area contributed by atoms with E-state index in [0.29, 0.717) is 0 Å². The highest BCUT2D eigenvalue weighted by Gasteiger charge is 2.04. The van der Waals surface area contributed by atoms with Gasteiger partial charge in [-0.25, -0.2) is 4.98 Å². The van der Waals surface area contributed by atoms with Gasteiger partial charge in [0.2, 0.25) is 5.13 Å². The first-order valence-electron chi connectivity index (χ1n) is 7.10. The molecule has 20 heavy (non-hydrogen) atoms. The molecule has 0 radical (unpaired) electrons. The number of unbranched alkanes of at least 4 members (excludes halogenated alkanes) is 2. The molecule has 0 fully saturated rings. The molecule has 0 saturated carbocycles. The maximum absolute atomic E-state index is 5.47. The maximum Gasteiger partial charge on any atom is 0.202 e. The smallest absolute Gasteiger partial charge is 0.202 e. The summed E-state index contributed by atoms with van der Waals surface area (Å²) in [5.74, 6) is 0.894. The Morgan fingerprint density at radius 3 is 2.95 bits per heavy atom. The minimum absolute atomic E-state index is 0.777. The summed E-state index contributed by atoms with van der Waals surface area (Å²) in [6, 6.07) is 8.48. The average molecular weight is 290 g/mol. The van der Waals surface area contributed by atoms with Crippen molar-refractivity contribution in [2.45, 2.75) is 32.6 Å². The van der Waals surface area contributed by atoms with Gasteiger partial charge in [-0.05, 0) is 31.9 Å². The third kappa shape index (κ3) is 4.90. The van der Waals surface area contributed by atoms with E-state index >= 15 is 0 Å². The van der Waals surface area contributed by atoms with Gasteiger partial charge < -0.3 is 11.1 Å². The third-order valence-corrected chi connectivity index (χ3v) is 3.78. The summed E-state index contributed by atoms with van der Waals surface area (Å²) in [4.78, 5) is 4.52. The Bertz CT molecular complexity index is 524. The van der Waals surface area contributed by atoms with E-state index in [4.69, 9.17) is 5.73 Å². The number of anilines is 1. The van der Waals surface area contributed by atoms with Gasteiger partial charge in [0.15, 0.2) is 0 Å². The van der Waals surface area contributed by atoms with Gasteiger partial charge in [0.05, 0.1) is 0 Å². The molecule has 0 aliphatic carbocycles. The fourth-order valence-electron chi connectivity index (χ4n) is 2.04. The molecule has 0 bridgehead atoms. The van der Waals surface area contributed by atoms with Gasteiger partial charge in [-0.15, -0.1) is 0 Å². The van der Waals surface area contributed by atoms with Crippen LogP contribution >= 0.6 is 11.5 Å². The first-order valence-corrected chi connectivity index (χ1v) is 7.87. The lowest BCUT2D eigenvalue weighted by molar-refractivity contribution is 0.707. The predicted octanol–water partition coefficient (Wildman–Crippen LogP) is 2.98. The van der Waals surface area contributed by atoms with Crippen molar-refractivity contribution in [1.29, 1.82) is 0 Å². The average Bonchev–Trinajstić information content (AvgIpc) is 2.86. The SMILES string of the molecule is Cc1cccc(Cc2nsc(NCCCCCN)n2)c1. The fraction of sp³-hybridized carbons (Fsp3) is 0.467. The van der Waals surface area contributed by atoms with Crippen LogP contribution in [0.3, 0.4) is 0 Å². The predicted molar refractivity (Wildman–Crippen MR) is 85.3 cm³/mol. The summed E-state index contributed by atoms with van der Waals surface area (Å²) in [5, 5.41) is 4.24. The van der Waals surface area contributed by atoms with Gasteiger partial charge in [-0.2, -0.15) is 4.37 Å². The molecule has 1 heterocycles. The Kier molecular flexibility index (Phi) is 5.95. The van der Waals surface area contributed by atoms with Crippen molar-refractivity contribution >= 4 is 16.7 Å². The standard InChI is InChI=1S/C15H22N4S/c1-12-6-5-7-13(10-12)11-14-18-15(20-19-14)17-9-4-2-3-8-16/h5-7,10H,2-4,8-9,11,16H2,1H3,(H,17,18,19). The van der Waals surface area contributed by atoms with Crippen LogP contribution in [0, 0.1) is 6.92 Å². The molecule has 4 nitrogen and oxygen atoms in total. The van der Waals surface area contributed by atoms with Gasteiger partial charge in [-0.1, -0.05) is 36.2 Å². The topological polar surface area (TPSA) is 63.8 Å². The summed E-state index contributed by atoms with van der Waals surface area (Å²) < 4.78 is 4.40. The molecule has 0 atom stereocenters. The van der Waals surface area contributed by atoms with Crippen LogP contribution in [0.2, 0.25) is 0 Å². The Hall–Kier alpha value is -1.46. The minimum Gasteiger partial charge on any atom is -0.360 e. The molecule has 2 aromatic rings. The molecule has 0 aliphatic rings. The number of nitrogens with two attached hydrogens (primary N) is 1. The summed E-state index contributed by atoms with van der Waals surface area (Å²) in [6.07, 6.45) is 4.19. The van der Waals surface area contributed by atoms with Gasteiger partial charge >= 0.3 is 0 Å². The van der Waals surface area contributed by atoms with E-state index in [1.165, 1.54) is 29.1 Å². The van der Waals surface area contributed by atoms with Crippen LogP contribution in [0.15, 0.2) is 24.3 Å². The first kappa shape index (κ1) is 14.9. The molecule has 3 N–H and O–H groups in total. The minimum atomic E-state index is 0.777. The number of aryl methyl sites for hydroxylation is 1. The third-order valence-electron chi connectivity index (χ3n) is 3.07. The second-order valence-corrected chi connectivity index (χ2v) is 5.71. The van der Waals surface area contributed by atoms with E-state index in [9.17, 15) is 0 Å². The van der Waals surface area contributed by atoms with Gasteiger partial charge in [0.1, 0.15) is 5.82 Å². The van der Waals surface area contributed by atoms with Crippen LogP contribution in [0.5, 0.6) is 0 Å². The largest absolute Gasteiger partial charge is 0.360 e. The van der Waals surface area contributed by atoms with E-state index in [1.807, 2.05) is 0 Å². The second kappa shape index (κ2) is 7.97. The summed E-state index contributed by atoms with van der Waals surface area (Å²) in [7, 11) is 0. The monoisotopic (exact) mass is 290 g/mol. The number of hydrogen-bond acceptors (Lipinski definition) is 5. The van der Waals surface area contributed by atoms with E-state index in [-0.39, 0.29) is 0 Å². The van der Waals surface area contributed by atoms with Crippen LogP contribution in [0.25, 0.3) is 0 Å². The van der Waals surface area contributed by atoms with Crippen molar-refractivity contribution in [2.75, 3.05) is 18.4 Å². The quantitative estimate of drug-likeness (QED) is 0.734. The van der Waals surface area contributed by atoms with Gasteiger partial charge in [0, 0.05) is 24.5 Å². The lowest BCUT2D eigenvalue weighted by atomic mass is 10.1. The summed E-state index contributed by atoms with van der Waals surface area (Å²) >= 11 is 1.44. The highest BCUT2D eigenvalue weighted by molar-refractivity contribution is 7.09. The van der Waals surface area contributed by atoms with Crippen molar-refractivity contribution < 1.29 is 0 Å². The number of aromatic nitrogens is 2. The Morgan fingerprint density at radius 2 is 2.15 bits per heavy atom.